The van der Waals surface area contributed by atoms with Crippen molar-refractivity contribution in [1.82, 2.24) is 0 Å². The summed E-state index contributed by atoms with van der Waals surface area (Å²) in [6.07, 6.45) is 0. The molecule has 0 bridgehead atoms. The minimum atomic E-state index is -0.439. The molecule has 1 aromatic carbocycles. The van der Waals surface area contributed by atoms with Crippen LogP contribution < -0.4 is 5.32 Å². The first-order chi connectivity index (χ1) is 7.24. The molecule has 78 valence electrons. The molecular weight excluding hydrogens is 194 g/mol. The van der Waals surface area contributed by atoms with Gasteiger partial charge in [0, 0.05) is 5.69 Å². The molecule has 0 unspecified atom stereocenters. The average Bonchev–Trinajstić information content (AvgIpc) is 2.61. The predicted octanol–water partition coefficient (Wildman–Crippen LogP) is 1.47. The molecule has 0 spiro atoms. The molecule has 4 heteroatoms. The maximum atomic E-state index is 11.5. The van der Waals surface area contributed by atoms with E-state index in [2.05, 4.69) is 5.32 Å². The Morgan fingerprint density at radius 1 is 1.53 bits per heavy atom. The third kappa shape index (κ3) is 1.58. The Morgan fingerprint density at radius 2 is 2.33 bits per heavy atom. The number of nitrogens with one attached hydrogen (secondary N) is 1. The molecule has 0 fully saturated rings. The normalized spacial score (nSPS) is 13.3. The van der Waals surface area contributed by atoms with E-state index >= 15 is 0 Å². The second kappa shape index (κ2) is 3.73. The van der Waals surface area contributed by atoms with Crippen molar-refractivity contribution in [3.8, 4) is 0 Å². The highest BCUT2D eigenvalue weighted by Crippen LogP contribution is 2.25. The Bertz CT molecular complexity index is 426. The Balaban J connectivity index is 2.45. The fourth-order valence-electron chi connectivity index (χ4n) is 1.64. The van der Waals surface area contributed by atoms with Crippen molar-refractivity contribution < 1.29 is 14.3 Å². The van der Waals surface area contributed by atoms with Crippen molar-refractivity contribution in [2.75, 3.05) is 18.5 Å². The molecule has 0 amide bonds. The highest BCUT2D eigenvalue weighted by atomic mass is 16.5. The number of esters is 1. The van der Waals surface area contributed by atoms with Gasteiger partial charge in [0.05, 0.1) is 24.3 Å². The topological polar surface area (TPSA) is 55.4 Å². The predicted molar refractivity (Wildman–Crippen MR) is 55.2 cm³/mol. The molecule has 1 aliphatic rings. The van der Waals surface area contributed by atoms with E-state index in [-0.39, 0.29) is 12.3 Å². The van der Waals surface area contributed by atoms with Gasteiger partial charge in [-0.15, -0.1) is 0 Å². The van der Waals surface area contributed by atoms with Gasteiger partial charge in [-0.1, -0.05) is 6.07 Å². The van der Waals surface area contributed by atoms with Crippen LogP contribution in [0.15, 0.2) is 18.2 Å². The summed E-state index contributed by atoms with van der Waals surface area (Å²) in [6.45, 7) is 2.30. The number of Topliss-reactive ketones (excluding diaryl/α,β-unsaturated/α-hetero) is 1. The number of hydrogen-bond acceptors (Lipinski definition) is 4. The lowest BCUT2D eigenvalue weighted by atomic mass is 10.0. The Hall–Kier alpha value is -1.84. The first-order valence-electron chi connectivity index (χ1n) is 4.81. The molecule has 0 saturated carbocycles. The van der Waals surface area contributed by atoms with Gasteiger partial charge < -0.3 is 10.1 Å². The van der Waals surface area contributed by atoms with Gasteiger partial charge in [0.2, 0.25) is 0 Å². The van der Waals surface area contributed by atoms with Crippen LogP contribution in [-0.2, 0) is 4.74 Å². The van der Waals surface area contributed by atoms with Gasteiger partial charge >= 0.3 is 5.97 Å². The molecule has 0 radical (unpaired) electrons. The van der Waals surface area contributed by atoms with Gasteiger partial charge in [0.1, 0.15) is 0 Å². The maximum absolute atomic E-state index is 11.5. The van der Waals surface area contributed by atoms with E-state index in [1.165, 1.54) is 0 Å². The number of rotatable bonds is 2. The smallest absolute Gasteiger partial charge is 0.338 e. The zero-order chi connectivity index (χ0) is 10.8. The SMILES string of the molecule is CCOC(=O)c1cccc2c1C(=O)CN2. The maximum Gasteiger partial charge on any atom is 0.338 e. The van der Waals surface area contributed by atoms with E-state index in [4.69, 9.17) is 4.74 Å². The summed E-state index contributed by atoms with van der Waals surface area (Å²) in [5.41, 5.74) is 1.52. The molecule has 4 nitrogen and oxygen atoms in total. The van der Waals surface area contributed by atoms with E-state index < -0.39 is 5.97 Å². The van der Waals surface area contributed by atoms with Crippen LogP contribution in [0.2, 0.25) is 0 Å². The number of ketones is 1. The third-order valence-electron chi connectivity index (χ3n) is 2.28. The minimum Gasteiger partial charge on any atom is -0.462 e. The lowest BCUT2D eigenvalue weighted by Gasteiger charge is -2.05. The van der Waals surface area contributed by atoms with E-state index in [1.807, 2.05) is 0 Å². The number of carbonyl (C=O) groups excluding carboxylic acids is 2. The molecule has 0 aliphatic carbocycles. The van der Waals surface area contributed by atoms with Gasteiger partial charge in [0.25, 0.3) is 0 Å². The van der Waals surface area contributed by atoms with Crippen LogP contribution >= 0.6 is 0 Å². The second-order valence-corrected chi connectivity index (χ2v) is 3.23. The lowest BCUT2D eigenvalue weighted by molar-refractivity contribution is 0.0523. The van der Waals surface area contributed by atoms with Crippen molar-refractivity contribution in [3.63, 3.8) is 0 Å². The van der Waals surface area contributed by atoms with Crippen LogP contribution in [0.1, 0.15) is 27.6 Å². The number of anilines is 1. The molecular formula is C11H11NO3. The van der Waals surface area contributed by atoms with Gasteiger partial charge in [0.15, 0.2) is 5.78 Å². The standard InChI is InChI=1S/C11H11NO3/c1-2-15-11(14)7-4-3-5-8-10(7)9(13)6-12-8/h3-5,12H,2,6H2,1H3. The van der Waals surface area contributed by atoms with Crippen LogP contribution in [0.5, 0.6) is 0 Å². The molecule has 2 rings (SSSR count). The Labute approximate surface area is 87.2 Å². The van der Waals surface area contributed by atoms with E-state index in [9.17, 15) is 9.59 Å². The van der Waals surface area contributed by atoms with Gasteiger partial charge in [-0.25, -0.2) is 4.79 Å². The van der Waals surface area contributed by atoms with Gasteiger partial charge in [-0.2, -0.15) is 0 Å². The van der Waals surface area contributed by atoms with Crippen LogP contribution in [0.4, 0.5) is 5.69 Å². The highest BCUT2D eigenvalue weighted by molar-refractivity contribution is 6.14. The fourth-order valence-corrected chi connectivity index (χ4v) is 1.64. The second-order valence-electron chi connectivity index (χ2n) is 3.23. The first kappa shape index (κ1) is 9.71. The third-order valence-corrected chi connectivity index (χ3v) is 2.28. The zero-order valence-corrected chi connectivity index (χ0v) is 8.37. The molecule has 0 saturated heterocycles. The van der Waals surface area contributed by atoms with Crippen LogP contribution in [-0.4, -0.2) is 24.9 Å². The molecule has 0 aromatic heterocycles. The van der Waals surface area contributed by atoms with Crippen molar-refractivity contribution in [2.24, 2.45) is 0 Å². The largest absolute Gasteiger partial charge is 0.462 e. The average molecular weight is 205 g/mol. The number of hydrogen-bond donors (Lipinski definition) is 1. The van der Waals surface area contributed by atoms with Crippen LogP contribution in [0.3, 0.4) is 0 Å². The Kier molecular flexibility index (Phi) is 2.41. The quantitative estimate of drug-likeness (QED) is 0.743. The summed E-state index contributed by atoms with van der Waals surface area (Å²) in [6, 6.07) is 5.13. The number of fused-ring (bicyclic) bond motifs is 1. The summed E-state index contributed by atoms with van der Waals surface area (Å²) in [4.78, 5) is 23.1. The van der Waals surface area contributed by atoms with Crippen LogP contribution in [0, 0.1) is 0 Å². The van der Waals surface area contributed by atoms with Crippen LogP contribution in [0.25, 0.3) is 0 Å². The fraction of sp³-hybridized carbons (Fsp3) is 0.273. The van der Waals surface area contributed by atoms with Crippen molar-refractivity contribution >= 4 is 17.4 Å². The van der Waals surface area contributed by atoms with Crippen molar-refractivity contribution in [2.45, 2.75) is 6.92 Å². The van der Waals surface area contributed by atoms with Crippen molar-refractivity contribution in [1.29, 1.82) is 0 Å². The summed E-state index contributed by atoms with van der Waals surface area (Å²) >= 11 is 0. The summed E-state index contributed by atoms with van der Waals surface area (Å²) in [5.74, 6) is -0.500. The highest BCUT2D eigenvalue weighted by Gasteiger charge is 2.25. The van der Waals surface area contributed by atoms with Crippen molar-refractivity contribution in [3.05, 3.63) is 29.3 Å². The number of carbonyl (C=O) groups is 2. The molecule has 1 aromatic rings. The van der Waals surface area contributed by atoms with E-state index in [0.29, 0.717) is 23.4 Å². The summed E-state index contributed by atoms with van der Waals surface area (Å²) in [7, 11) is 0. The first-order valence-corrected chi connectivity index (χ1v) is 4.81. The van der Waals surface area contributed by atoms with Gasteiger partial charge in [-0.05, 0) is 19.1 Å². The molecule has 1 N–H and O–H groups in total. The summed E-state index contributed by atoms with van der Waals surface area (Å²) < 4.78 is 4.88. The zero-order valence-electron chi connectivity index (χ0n) is 8.37. The molecule has 1 heterocycles. The van der Waals surface area contributed by atoms with E-state index in [1.54, 1.807) is 25.1 Å². The van der Waals surface area contributed by atoms with Gasteiger partial charge in [-0.3, -0.25) is 4.79 Å². The molecule has 1 aliphatic heterocycles. The van der Waals surface area contributed by atoms with E-state index in [0.717, 1.165) is 0 Å². The Morgan fingerprint density at radius 3 is 3.07 bits per heavy atom. The number of ether oxygens (including phenoxy) is 1. The minimum absolute atomic E-state index is 0.0614. The summed E-state index contributed by atoms with van der Waals surface area (Å²) in [5, 5.41) is 2.93. The lowest BCUT2D eigenvalue weighted by Crippen LogP contribution is -2.10. The molecule has 0 atom stereocenters. The monoisotopic (exact) mass is 205 g/mol. The number of benzene rings is 1. The molecule has 15 heavy (non-hydrogen) atoms.